The topological polar surface area (TPSA) is 9.72 Å². The second kappa shape index (κ2) is 15.8. The molecule has 68 heavy (non-hydrogen) atoms. The van der Waals surface area contributed by atoms with Crippen molar-refractivity contribution in [3.8, 4) is 33.4 Å². The quantitative estimate of drug-likeness (QED) is 0.151. The molecule has 0 spiro atoms. The Morgan fingerprint density at radius 2 is 0.897 bits per heavy atom. The van der Waals surface area contributed by atoms with Crippen LogP contribution in [0.1, 0.15) is 25.0 Å². The van der Waals surface area contributed by atoms with Crippen LogP contribution in [0.4, 0.5) is 51.2 Å². The lowest BCUT2D eigenvalue weighted by molar-refractivity contribution is 0.660. The molecule has 0 amide bonds. The van der Waals surface area contributed by atoms with Crippen LogP contribution in [0.25, 0.3) is 54.9 Å². The summed E-state index contributed by atoms with van der Waals surface area (Å²) in [4.78, 5) is 7.20. The van der Waals surface area contributed by atoms with Crippen LogP contribution >= 0.6 is 0 Å². The third-order valence-electron chi connectivity index (χ3n) is 14.3. The summed E-state index contributed by atoms with van der Waals surface area (Å²) in [5, 5.41) is 4.93. The van der Waals surface area contributed by atoms with Crippen LogP contribution in [0.2, 0.25) is 0 Å². The fourth-order valence-electron chi connectivity index (χ4n) is 11.1. The highest BCUT2D eigenvalue weighted by Gasteiger charge is 2.36. The summed E-state index contributed by atoms with van der Waals surface area (Å²) in [7, 11) is 0. The van der Waals surface area contributed by atoms with Gasteiger partial charge < -0.3 is 14.7 Å². The predicted octanol–water partition coefficient (Wildman–Crippen LogP) is 18.4. The van der Waals surface area contributed by atoms with Gasteiger partial charge in [0.2, 0.25) is 0 Å². The molecule has 13 rings (SSSR count). The van der Waals surface area contributed by atoms with E-state index in [2.05, 4.69) is 277 Å². The molecule has 1 heterocycles. The van der Waals surface area contributed by atoms with Gasteiger partial charge in [-0.15, -0.1) is 0 Å². The van der Waals surface area contributed by atoms with E-state index in [9.17, 15) is 0 Å². The second-order valence-electron chi connectivity index (χ2n) is 18.6. The van der Waals surface area contributed by atoms with Crippen LogP contribution in [-0.4, -0.2) is 0 Å². The first kappa shape index (κ1) is 39.7. The number of hydrogen-bond acceptors (Lipinski definition) is 3. The highest BCUT2D eigenvalue weighted by Crippen LogP contribution is 2.54. The zero-order chi connectivity index (χ0) is 45.3. The Labute approximate surface area is 398 Å². The van der Waals surface area contributed by atoms with Gasteiger partial charge in [-0.25, -0.2) is 0 Å². The number of nitrogens with zero attached hydrogens (tertiary/aromatic N) is 3. The van der Waals surface area contributed by atoms with E-state index in [-0.39, 0.29) is 5.41 Å². The van der Waals surface area contributed by atoms with E-state index in [1.165, 1.54) is 71.7 Å². The van der Waals surface area contributed by atoms with Crippen molar-refractivity contribution in [2.75, 3.05) is 14.7 Å². The van der Waals surface area contributed by atoms with Crippen LogP contribution < -0.4 is 14.7 Å². The van der Waals surface area contributed by atoms with Crippen molar-refractivity contribution in [2.24, 2.45) is 0 Å². The van der Waals surface area contributed by atoms with Crippen molar-refractivity contribution in [1.82, 2.24) is 0 Å². The highest BCUT2D eigenvalue weighted by molar-refractivity contribution is 6.14. The van der Waals surface area contributed by atoms with E-state index in [4.69, 9.17) is 0 Å². The van der Waals surface area contributed by atoms with Gasteiger partial charge in [-0.1, -0.05) is 166 Å². The van der Waals surface area contributed by atoms with Gasteiger partial charge in [-0.05, 0) is 147 Å². The Morgan fingerprint density at radius 3 is 1.68 bits per heavy atom. The van der Waals surface area contributed by atoms with Crippen LogP contribution in [-0.2, 0) is 5.41 Å². The Kier molecular flexibility index (Phi) is 9.19. The van der Waals surface area contributed by atoms with Gasteiger partial charge in [-0.2, -0.15) is 0 Å². The molecular weight excluding hydrogens is 823 g/mol. The van der Waals surface area contributed by atoms with Crippen molar-refractivity contribution >= 4 is 72.7 Å². The molecule has 1 aliphatic heterocycles. The van der Waals surface area contributed by atoms with Crippen molar-refractivity contribution in [3.05, 3.63) is 260 Å². The maximum absolute atomic E-state index is 2.44. The lowest BCUT2D eigenvalue weighted by Gasteiger charge is -2.34. The first-order chi connectivity index (χ1) is 33.5. The molecule has 1 aliphatic carbocycles. The van der Waals surface area contributed by atoms with Gasteiger partial charge in [-0.3, -0.25) is 0 Å². The van der Waals surface area contributed by atoms with Crippen molar-refractivity contribution in [2.45, 2.75) is 19.3 Å². The van der Waals surface area contributed by atoms with Crippen LogP contribution in [0.5, 0.6) is 0 Å². The van der Waals surface area contributed by atoms with Gasteiger partial charge in [0, 0.05) is 55.9 Å². The summed E-state index contributed by atoms with van der Waals surface area (Å²) in [6.07, 6.45) is 0. The van der Waals surface area contributed by atoms with Gasteiger partial charge in [0.1, 0.15) is 0 Å². The summed E-state index contributed by atoms with van der Waals surface area (Å²) >= 11 is 0. The first-order valence-electron chi connectivity index (χ1n) is 23.6. The molecule has 0 aromatic heterocycles. The molecule has 3 heteroatoms. The molecule has 3 nitrogen and oxygen atoms in total. The maximum atomic E-state index is 2.44. The normalized spacial score (nSPS) is 12.9. The number of hydrogen-bond donors (Lipinski definition) is 0. The van der Waals surface area contributed by atoms with Gasteiger partial charge in [0.15, 0.2) is 0 Å². The van der Waals surface area contributed by atoms with Crippen molar-refractivity contribution < 1.29 is 0 Å². The minimum absolute atomic E-state index is 0.113. The average Bonchev–Trinajstić information content (AvgIpc) is 3.63. The molecule has 0 bridgehead atoms. The van der Waals surface area contributed by atoms with Crippen LogP contribution in [0.3, 0.4) is 0 Å². The molecule has 0 radical (unpaired) electrons. The minimum Gasteiger partial charge on any atom is -0.311 e. The molecule has 11 aromatic rings. The number of fused-ring (bicyclic) bond motifs is 6. The third-order valence-corrected chi connectivity index (χ3v) is 14.3. The minimum atomic E-state index is -0.113. The Hall–Kier alpha value is -8.66. The maximum Gasteiger partial charge on any atom is 0.0546 e. The van der Waals surface area contributed by atoms with Crippen molar-refractivity contribution in [1.29, 1.82) is 0 Å². The number of rotatable bonds is 8. The van der Waals surface area contributed by atoms with Crippen LogP contribution in [0.15, 0.2) is 249 Å². The summed E-state index contributed by atoms with van der Waals surface area (Å²) < 4.78 is 0. The first-order valence-corrected chi connectivity index (χ1v) is 23.6. The monoisotopic (exact) mass is 869 g/mol. The number of anilines is 9. The Bertz CT molecular complexity index is 3660. The van der Waals surface area contributed by atoms with E-state index in [1.54, 1.807) is 0 Å². The zero-order valence-corrected chi connectivity index (χ0v) is 38.0. The Balaban J connectivity index is 0.901. The summed E-state index contributed by atoms with van der Waals surface area (Å²) in [6.45, 7) is 4.72. The van der Waals surface area contributed by atoms with E-state index in [0.29, 0.717) is 0 Å². The van der Waals surface area contributed by atoms with E-state index in [1.807, 2.05) is 0 Å². The average molecular weight is 870 g/mol. The predicted molar refractivity (Wildman–Crippen MR) is 287 cm³/mol. The van der Waals surface area contributed by atoms with Crippen molar-refractivity contribution in [3.63, 3.8) is 0 Å². The Morgan fingerprint density at radius 1 is 0.338 bits per heavy atom. The molecule has 2 aliphatic rings. The smallest absolute Gasteiger partial charge is 0.0546 e. The summed E-state index contributed by atoms with van der Waals surface area (Å²) in [5.41, 5.74) is 20.3. The molecule has 0 fully saturated rings. The largest absolute Gasteiger partial charge is 0.311 e. The fourth-order valence-corrected chi connectivity index (χ4v) is 11.1. The fraction of sp³-hybridized carbons (Fsp3) is 0.0462. The second-order valence-corrected chi connectivity index (χ2v) is 18.6. The van der Waals surface area contributed by atoms with E-state index >= 15 is 0 Å². The van der Waals surface area contributed by atoms with Gasteiger partial charge in [0.25, 0.3) is 0 Å². The third kappa shape index (κ3) is 6.35. The molecular formula is C65H47N3. The van der Waals surface area contributed by atoms with E-state index in [0.717, 1.165) is 45.5 Å². The van der Waals surface area contributed by atoms with Gasteiger partial charge >= 0.3 is 0 Å². The van der Waals surface area contributed by atoms with Gasteiger partial charge in [0.05, 0.1) is 17.1 Å². The summed E-state index contributed by atoms with van der Waals surface area (Å²) in [6, 6.07) is 91.1. The van der Waals surface area contributed by atoms with Crippen LogP contribution in [0, 0.1) is 0 Å². The SMILES string of the molecule is CC1(C)c2ccccc2-c2ccc(N(c3ccc(-c4ccc5c(c4)-c4cccc6cccc(c46)N5c4ccc(N(c5ccccc5)c5ccccc5)cc4)cc3)c3cccc4ccccc34)cc21. The molecule has 322 valence electrons. The zero-order valence-electron chi connectivity index (χ0n) is 38.0. The summed E-state index contributed by atoms with van der Waals surface area (Å²) in [5.74, 6) is 0. The number of para-hydroxylation sites is 2. The standard InChI is InChI=1S/C65H47N3/c1-65(2)59-27-12-11-25-55(59)56-40-39-53(43-60(56)65)67(61-28-14-17-45-16-9-10-24-54(45)61)51-33-30-44(31-34-51)47-32-41-62-58(42-47)57-26-13-18-46-19-15-29-63(64(46)57)68(62)52-37-35-50(36-38-52)66(48-20-5-3-6-21-48)49-22-7-4-8-23-49/h3-43H,1-2H3. The molecule has 0 unspecified atom stereocenters. The lowest BCUT2D eigenvalue weighted by atomic mass is 9.82. The number of benzene rings is 11. The molecule has 11 aromatic carbocycles. The molecule has 0 saturated heterocycles. The molecule has 0 N–H and O–H groups in total. The highest BCUT2D eigenvalue weighted by atomic mass is 15.2. The lowest BCUT2D eigenvalue weighted by Crippen LogP contribution is -2.16. The molecule has 0 atom stereocenters. The molecule has 0 saturated carbocycles. The van der Waals surface area contributed by atoms with E-state index < -0.39 is 0 Å².